The normalized spacial score (nSPS) is 11.7. The molecule has 2 aromatic carbocycles. The summed E-state index contributed by atoms with van der Waals surface area (Å²) in [5, 5.41) is 4.30. The van der Waals surface area contributed by atoms with E-state index >= 15 is 0 Å². The molecule has 0 bridgehead atoms. The standard InChI is InChI=1S/C23H21N3O5S/c1-4-31-16-8-5-14(6-9-16)13-20-22(28)26-23(32-20)24-21(27)17(25-26)11-15-7-10-18(29-2)19(12-15)30-3/h5-10,12-13H,4,11H2,1-3H3/b20-13-. The third-order valence-electron chi connectivity index (χ3n) is 4.76. The van der Waals surface area contributed by atoms with E-state index in [2.05, 4.69) is 10.1 Å². The number of benzene rings is 2. The summed E-state index contributed by atoms with van der Waals surface area (Å²) in [6.07, 6.45) is 1.96. The van der Waals surface area contributed by atoms with E-state index in [4.69, 9.17) is 14.2 Å². The number of hydrogen-bond donors (Lipinski definition) is 0. The monoisotopic (exact) mass is 451 g/mol. The molecule has 0 aliphatic carbocycles. The van der Waals surface area contributed by atoms with Crippen molar-refractivity contribution in [1.82, 2.24) is 14.6 Å². The summed E-state index contributed by atoms with van der Waals surface area (Å²) in [4.78, 5) is 29.7. The zero-order chi connectivity index (χ0) is 22.7. The van der Waals surface area contributed by atoms with Crippen molar-refractivity contribution in [2.45, 2.75) is 13.3 Å². The molecule has 9 heteroatoms. The first-order chi connectivity index (χ1) is 15.5. The van der Waals surface area contributed by atoms with Crippen molar-refractivity contribution < 1.29 is 14.2 Å². The fourth-order valence-corrected chi connectivity index (χ4v) is 4.12. The van der Waals surface area contributed by atoms with Crippen LogP contribution in [0.4, 0.5) is 0 Å². The molecule has 4 aromatic rings. The minimum Gasteiger partial charge on any atom is -0.494 e. The molecule has 164 valence electrons. The summed E-state index contributed by atoms with van der Waals surface area (Å²) in [6.45, 7) is 2.50. The summed E-state index contributed by atoms with van der Waals surface area (Å²) in [7, 11) is 3.09. The van der Waals surface area contributed by atoms with Crippen molar-refractivity contribution in [3.05, 3.63) is 84.5 Å². The third-order valence-corrected chi connectivity index (χ3v) is 5.72. The van der Waals surface area contributed by atoms with Gasteiger partial charge >= 0.3 is 0 Å². The van der Waals surface area contributed by atoms with Crippen molar-refractivity contribution in [3.63, 3.8) is 0 Å². The Hall–Kier alpha value is -3.72. The molecular weight excluding hydrogens is 430 g/mol. The van der Waals surface area contributed by atoms with Crippen LogP contribution in [0, 0.1) is 0 Å². The van der Waals surface area contributed by atoms with Gasteiger partial charge in [0.15, 0.2) is 11.5 Å². The van der Waals surface area contributed by atoms with Gasteiger partial charge in [0, 0.05) is 6.42 Å². The molecule has 32 heavy (non-hydrogen) atoms. The highest BCUT2D eigenvalue weighted by molar-refractivity contribution is 7.15. The minimum atomic E-state index is -0.464. The molecule has 2 heterocycles. The molecule has 2 aromatic heterocycles. The molecular formula is C23H21N3O5S. The average Bonchev–Trinajstić information content (AvgIpc) is 3.09. The predicted octanol–water partition coefficient (Wildman–Crippen LogP) is 2.07. The van der Waals surface area contributed by atoms with Gasteiger partial charge in [0.25, 0.3) is 11.1 Å². The fraction of sp³-hybridized carbons (Fsp3) is 0.217. The van der Waals surface area contributed by atoms with Gasteiger partial charge in [0.2, 0.25) is 4.96 Å². The number of fused-ring (bicyclic) bond motifs is 1. The summed E-state index contributed by atoms with van der Waals surface area (Å²) < 4.78 is 17.6. The van der Waals surface area contributed by atoms with E-state index in [9.17, 15) is 9.59 Å². The van der Waals surface area contributed by atoms with Crippen LogP contribution in [0.15, 0.2) is 52.1 Å². The smallest absolute Gasteiger partial charge is 0.296 e. The maximum Gasteiger partial charge on any atom is 0.296 e. The Bertz CT molecular complexity index is 1430. The zero-order valence-electron chi connectivity index (χ0n) is 17.8. The Kier molecular flexibility index (Phi) is 6.18. The van der Waals surface area contributed by atoms with Gasteiger partial charge in [-0.3, -0.25) is 9.59 Å². The van der Waals surface area contributed by atoms with Crippen LogP contribution in [0.2, 0.25) is 0 Å². The maximum absolute atomic E-state index is 12.9. The lowest BCUT2D eigenvalue weighted by Gasteiger charge is -2.09. The van der Waals surface area contributed by atoms with E-state index in [1.165, 1.54) is 4.52 Å². The summed E-state index contributed by atoms with van der Waals surface area (Å²) in [5.41, 5.74) is 1.02. The van der Waals surface area contributed by atoms with Crippen LogP contribution in [-0.2, 0) is 6.42 Å². The first-order valence-corrected chi connectivity index (χ1v) is 10.7. The highest BCUT2D eigenvalue weighted by atomic mass is 32.1. The number of nitrogens with zero attached hydrogens (tertiary/aromatic N) is 3. The first-order valence-electron chi connectivity index (χ1n) is 9.90. The van der Waals surface area contributed by atoms with Gasteiger partial charge in [0.1, 0.15) is 11.4 Å². The van der Waals surface area contributed by atoms with Crippen molar-refractivity contribution in [2.75, 3.05) is 20.8 Å². The fourth-order valence-electron chi connectivity index (χ4n) is 3.21. The number of ether oxygens (including phenoxy) is 3. The van der Waals surface area contributed by atoms with Gasteiger partial charge in [0.05, 0.1) is 25.4 Å². The predicted molar refractivity (Wildman–Crippen MR) is 122 cm³/mol. The van der Waals surface area contributed by atoms with Crippen molar-refractivity contribution in [1.29, 1.82) is 0 Å². The molecule has 8 nitrogen and oxygen atoms in total. The maximum atomic E-state index is 12.9. The highest BCUT2D eigenvalue weighted by Crippen LogP contribution is 2.28. The molecule has 4 rings (SSSR count). The lowest BCUT2D eigenvalue weighted by molar-refractivity contribution is 0.340. The molecule has 0 aliphatic heterocycles. The average molecular weight is 452 g/mol. The molecule has 0 fully saturated rings. The molecule has 0 N–H and O–H groups in total. The quantitative estimate of drug-likeness (QED) is 0.425. The van der Waals surface area contributed by atoms with Crippen LogP contribution in [0.1, 0.15) is 23.7 Å². The molecule has 0 spiro atoms. The van der Waals surface area contributed by atoms with Gasteiger partial charge in [-0.05, 0) is 48.4 Å². The van der Waals surface area contributed by atoms with Gasteiger partial charge in [-0.25, -0.2) is 0 Å². The van der Waals surface area contributed by atoms with E-state index in [0.29, 0.717) is 22.6 Å². The molecule has 0 unspecified atom stereocenters. The second-order valence-corrected chi connectivity index (χ2v) is 7.85. The number of aromatic nitrogens is 3. The van der Waals surface area contributed by atoms with E-state index in [1.807, 2.05) is 37.3 Å². The summed E-state index contributed by atoms with van der Waals surface area (Å²) in [5.74, 6) is 1.90. The van der Waals surface area contributed by atoms with Gasteiger partial charge < -0.3 is 14.2 Å². The van der Waals surface area contributed by atoms with Gasteiger partial charge in [-0.1, -0.05) is 29.5 Å². The van der Waals surface area contributed by atoms with Crippen LogP contribution in [0.3, 0.4) is 0 Å². The van der Waals surface area contributed by atoms with Crippen LogP contribution < -0.4 is 29.9 Å². The van der Waals surface area contributed by atoms with E-state index in [0.717, 1.165) is 28.2 Å². The van der Waals surface area contributed by atoms with E-state index < -0.39 is 5.56 Å². The second kappa shape index (κ2) is 9.19. The number of rotatable bonds is 7. The minimum absolute atomic E-state index is 0.178. The number of methoxy groups -OCH3 is 2. The molecule has 0 atom stereocenters. The largest absolute Gasteiger partial charge is 0.494 e. The van der Waals surface area contributed by atoms with Crippen LogP contribution >= 0.6 is 11.3 Å². The van der Waals surface area contributed by atoms with Crippen molar-refractivity contribution in [3.8, 4) is 17.2 Å². The van der Waals surface area contributed by atoms with Crippen LogP contribution in [0.5, 0.6) is 17.2 Å². The molecule has 0 radical (unpaired) electrons. The second-order valence-electron chi connectivity index (χ2n) is 6.84. The van der Waals surface area contributed by atoms with Crippen LogP contribution in [-0.4, -0.2) is 35.4 Å². The number of thiazole rings is 1. The third kappa shape index (κ3) is 4.33. The van der Waals surface area contributed by atoms with Gasteiger partial charge in [-0.2, -0.15) is 14.6 Å². The van der Waals surface area contributed by atoms with E-state index in [-0.39, 0.29) is 22.6 Å². The lowest BCUT2D eigenvalue weighted by atomic mass is 10.1. The topological polar surface area (TPSA) is 92.0 Å². The van der Waals surface area contributed by atoms with Gasteiger partial charge in [-0.15, -0.1) is 0 Å². The first kappa shape index (κ1) is 21.5. The Morgan fingerprint density at radius 3 is 2.47 bits per heavy atom. The summed E-state index contributed by atoms with van der Waals surface area (Å²) in [6, 6.07) is 12.7. The van der Waals surface area contributed by atoms with Crippen molar-refractivity contribution >= 4 is 22.4 Å². The molecule has 0 amide bonds. The van der Waals surface area contributed by atoms with Crippen LogP contribution in [0.25, 0.3) is 11.0 Å². The van der Waals surface area contributed by atoms with Crippen molar-refractivity contribution in [2.24, 2.45) is 0 Å². The Balaban J connectivity index is 1.70. The Morgan fingerprint density at radius 1 is 1.03 bits per heavy atom. The molecule has 0 saturated carbocycles. The lowest BCUT2D eigenvalue weighted by Crippen LogP contribution is -2.28. The highest BCUT2D eigenvalue weighted by Gasteiger charge is 2.13. The number of hydrogen-bond acceptors (Lipinski definition) is 8. The SMILES string of the molecule is CCOc1ccc(/C=c2\sc3nc(=O)c(Cc4ccc(OC)c(OC)c4)nn3c2=O)cc1. The zero-order valence-corrected chi connectivity index (χ0v) is 18.6. The Morgan fingerprint density at radius 2 is 1.78 bits per heavy atom. The molecule has 0 aliphatic rings. The summed E-state index contributed by atoms with van der Waals surface area (Å²) >= 11 is 1.13. The van der Waals surface area contributed by atoms with E-state index in [1.54, 1.807) is 32.4 Å². The molecule has 0 saturated heterocycles. The Labute approximate surface area is 187 Å².